The van der Waals surface area contributed by atoms with E-state index in [0.29, 0.717) is 12.7 Å². The number of hydrogen-bond donors (Lipinski definition) is 1. The van der Waals surface area contributed by atoms with E-state index in [1.807, 2.05) is 6.92 Å². The first-order valence-corrected chi connectivity index (χ1v) is 6.00. The normalized spacial score (nSPS) is 15.2. The molecule has 0 radical (unpaired) electrons. The van der Waals surface area contributed by atoms with E-state index in [2.05, 4.69) is 13.8 Å². The Hall–Kier alpha value is -0.120. The number of ether oxygens (including phenoxy) is 2. The highest BCUT2D eigenvalue weighted by Crippen LogP contribution is 2.12. The summed E-state index contributed by atoms with van der Waals surface area (Å²) in [6.07, 6.45) is 3.89. The second kappa shape index (κ2) is 10.4. The number of aliphatic hydroxyl groups is 1. The average Bonchev–Trinajstić information content (AvgIpc) is 2.15. The van der Waals surface area contributed by atoms with Crippen molar-refractivity contribution in [3.63, 3.8) is 0 Å². The van der Waals surface area contributed by atoms with Crippen LogP contribution >= 0.6 is 0 Å². The largest absolute Gasteiger partial charge is 0.393 e. The van der Waals surface area contributed by atoms with E-state index >= 15 is 0 Å². The summed E-state index contributed by atoms with van der Waals surface area (Å²) in [7, 11) is 0. The average molecular weight is 218 g/mol. The molecular weight excluding hydrogens is 192 g/mol. The minimum atomic E-state index is -0.186. The van der Waals surface area contributed by atoms with Crippen molar-refractivity contribution in [2.24, 2.45) is 5.92 Å². The monoisotopic (exact) mass is 218 g/mol. The number of hydrogen-bond acceptors (Lipinski definition) is 3. The number of aliphatic hydroxyl groups excluding tert-OH is 1. The molecule has 0 aliphatic rings. The van der Waals surface area contributed by atoms with Crippen molar-refractivity contribution in [2.45, 2.75) is 52.6 Å². The molecule has 0 spiro atoms. The van der Waals surface area contributed by atoms with Crippen LogP contribution < -0.4 is 0 Å². The maximum atomic E-state index is 9.17. The van der Waals surface area contributed by atoms with E-state index in [-0.39, 0.29) is 6.10 Å². The van der Waals surface area contributed by atoms with Gasteiger partial charge >= 0.3 is 0 Å². The van der Waals surface area contributed by atoms with Crippen LogP contribution in [0.1, 0.15) is 46.5 Å². The topological polar surface area (TPSA) is 38.7 Å². The Morgan fingerprint density at radius 3 is 2.40 bits per heavy atom. The molecule has 15 heavy (non-hydrogen) atoms. The second-order valence-electron chi connectivity index (χ2n) is 4.27. The second-order valence-corrected chi connectivity index (χ2v) is 4.27. The molecule has 0 saturated carbocycles. The van der Waals surface area contributed by atoms with Gasteiger partial charge in [0.1, 0.15) is 6.79 Å². The van der Waals surface area contributed by atoms with E-state index in [1.54, 1.807) is 0 Å². The standard InChI is InChI=1S/C12H26O3/c1-4-7-14-10-15-8-5-6-11(2)9-12(3)13/h11-13H,4-10H2,1-3H3. The minimum Gasteiger partial charge on any atom is -0.393 e. The molecular formula is C12H26O3. The molecule has 2 unspecified atom stereocenters. The molecule has 0 amide bonds. The van der Waals surface area contributed by atoms with Gasteiger partial charge in [-0.2, -0.15) is 0 Å². The Morgan fingerprint density at radius 1 is 1.13 bits per heavy atom. The van der Waals surface area contributed by atoms with E-state index in [4.69, 9.17) is 9.47 Å². The van der Waals surface area contributed by atoms with Crippen LogP contribution in [0, 0.1) is 5.92 Å². The summed E-state index contributed by atoms with van der Waals surface area (Å²) in [5, 5.41) is 9.17. The van der Waals surface area contributed by atoms with Crippen LogP contribution in [0.25, 0.3) is 0 Å². The third-order valence-corrected chi connectivity index (χ3v) is 2.24. The maximum Gasteiger partial charge on any atom is 0.146 e. The molecule has 0 bridgehead atoms. The summed E-state index contributed by atoms with van der Waals surface area (Å²) in [6, 6.07) is 0. The fourth-order valence-electron chi connectivity index (χ4n) is 1.56. The van der Waals surface area contributed by atoms with Crippen molar-refractivity contribution in [2.75, 3.05) is 20.0 Å². The van der Waals surface area contributed by atoms with E-state index in [1.165, 1.54) is 0 Å². The smallest absolute Gasteiger partial charge is 0.146 e. The summed E-state index contributed by atoms with van der Waals surface area (Å²) in [5.41, 5.74) is 0. The molecule has 0 aromatic rings. The summed E-state index contributed by atoms with van der Waals surface area (Å²) < 4.78 is 10.5. The molecule has 0 fully saturated rings. The van der Waals surface area contributed by atoms with Gasteiger partial charge in [0, 0.05) is 13.2 Å². The fraction of sp³-hybridized carbons (Fsp3) is 1.00. The van der Waals surface area contributed by atoms with Crippen molar-refractivity contribution in [1.29, 1.82) is 0 Å². The van der Waals surface area contributed by atoms with Gasteiger partial charge < -0.3 is 14.6 Å². The van der Waals surface area contributed by atoms with E-state index < -0.39 is 0 Å². The van der Waals surface area contributed by atoms with Gasteiger partial charge in [-0.05, 0) is 38.5 Å². The van der Waals surface area contributed by atoms with Crippen molar-refractivity contribution in [3.05, 3.63) is 0 Å². The summed E-state index contributed by atoms with van der Waals surface area (Å²) in [6.45, 7) is 8.04. The van der Waals surface area contributed by atoms with E-state index in [0.717, 1.165) is 38.9 Å². The number of rotatable bonds is 10. The van der Waals surface area contributed by atoms with Crippen LogP contribution in [0.5, 0.6) is 0 Å². The van der Waals surface area contributed by atoms with Gasteiger partial charge in [-0.15, -0.1) is 0 Å². The quantitative estimate of drug-likeness (QED) is 0.452. The predicted molar refractivity (Wildman–Crippen MR) is 61.8 cm³/mol. The Balaban J connectivity index is 3.09. The summed E-state index contributed by atoms with van der Waals surface area (Å²) in [5.74, 6) is 0.574. The van der Waals surface area contributed by atoms with Crippen molar-refractivity contribution in [1.82, 2.24) is 0 Å². The predicted octanol–water partition coefficient (Wildman–Crippen LogP) is 2.57. The van der Waals surface area contributed by atoms with Gasteiger partial charge in [-0.25, -0.2) is 0 Å². The van der Waals surface area contributed by atoms with Gasteiger partial charge in [0.05, 0.1) is 6.10 Å². The lowest BCUT2D eigenvalue weighted by atomic mass is 9.99. The zero-order chi connectivity index (χ0) is 11.5. The first-order chi connectivity index (χ1) is 7.16. The molecule has 2 atom stereocenters. The third-order valence-electron chi connectivity index (χ3n) is 2.24. The maximum absolute atomic E-state index is 9.17. The molecule has 0 aromatic heterocycles. The lowest BCUT2D eigenvalue weighted by Crippen LogP contribution is -2.08. The Morgan fingerprint density at radius 2 is 1.80 bits per heavy atom. The Bertz CT molecular complexity index is 126. The van der Waals surface area contributed by atoms with Crippen LogP contribution in [-0.2, 0) is 9.47 Å². The van der Waals surface area contributed by atoms with Gasteiger partial charge in [0.25, 0.3) is 0 Å². The van der Waals surface area contributed by atoms with Crippen molar-refractivity contribution < 1.29 is 14.6 Å². The Labute approximate surface area is 93.8 Å². The molecule has 92 valence electrons. The van der Waals surface area contributed by atoms with E-state index in [9.17, 15) is 5.11 Å². The van der Waals surface area contributed by atoms with Crippen LogP contribution in [0.15, 0.2) is 0 Å². The van der Waals surface area contributed by atoms with Crippen LogP contribution in [0.3, 0.4) is 0 Å². The lowest BCUT2D eigenvalue weighted by molar-refractivity contribution is -0.0550. The van der Waals surface area contributed by atoms with Crippen molar-refractivity contribution in [3.8, 4) is 0 Å². The highest BCUT2D eigenvalue weighted by Gasteiger charge is 2.05. The summed E-state index contributed by atoms with van der Waals surface area (Å²) in [4.78, 5) is 0. The Kier molecular flexibility index (Phi) is 10.3. The molecule has 0 aliphatic carbocycles. The molecule has 0 rings (SSSR count). The van der Waals surface area contributed by atoms with Crippen LogP contribution in [-0.4, -0.2) is 31.2 Å². The SMILES string of the molecule is CCCOCOCCCC(C)CC(C)O. The molecule has 0 aromatic carbocycles. The van der Waals surface area contributed by atoms with Gasteiger partial charge in [0.15, 0.2) is 0 Å². The molecule has 3 heteroatoms. The summed E-state index contributed by atoms with van der Waals surface area (Å²) >= 11 is 0. The van der Waals surface area contributed by atoms with Gasteiger partial charge in [-0.3, -0.25) is 0 Å². The fourth-order valence-corrected chi connectivity index (χ4v) is 1.56. The van der Waals surface area contributed by atoms with Crippen LogP contribution in [0.4, 0.5) is 0 Å². The zero-order valence-electron chi connectivity index (χ0n) is 10.4. The first-order valence-electron chi connectivity index (χ1n) is 6.00. The molecule has 0 aliphatic heterocycles. The highest BCUT2D eigenvalue weighted by molar-refractivity contribution is 4.57. The molecule has 0 heterocycles. The minimum absolute atomic E-state index is 0.186. The third kappa shape index (κ3) is 11.8. The zero-order valence-corrected chi connectivity index (χ0v) is 10.4. The lowest BCUT2D eigenvalue weighted by Gasteiger charge is -2.12. The van der Waals surface area contributed by atoms with Crippen molar-refractivity contribution >= 4 is 0 Å². The van der Waals surface area contributed by atoms with Crippen LogP contribution in [0.2, 0.25) is 0 Å². The van der Waals surface area contributed by atoms with Gasteiger partial charge in [0.2, 0.25) is 0 Å². The van der Waals surface area contributed by atoms with Gasteiger partial charge in [-0.1, -0.05) is 13.8 Å². The first kappa shape index (κ1) is 14.9. The molecule has 3 nitrogen and oxygen atoms in total. The molecule has 0 saturated heterocycles. The molecule has 1 N–H and O–H groups in total. The highest BCUT2D eigenvalue weighted by atomic mass is 16.7.